The van der Waals surface area contributed by atoms with Gasteiger partial charge in [-0.05, 0) is 35.7 Å². The van der Waals surface area contributed by atoms with Crippen LogP contribution in [0.2, 0.25) is 5.02 Å². The molecular weight excluding hydrogens is 288 g/mol. The first-order valence-electron chi connectivity index (χ1n) is 6.85. The van der Waals surface area contributed by atoms with Gasteiger partial charge in [0, 0.05) is 23.1 Å². The first kappa shape index (κ1) is 15.6. The molecule has 1 unspecified atom stereocenters. The average molecular weight is 307 g/mol. The van der Waals surface area contributed by atoms with Gasteiger partial charge in [-0.15, -0.1) is 0 Å². The molecule has 2 N–H and O–H groups in total. The molecule has 0 aliphatic carbocycles. The SMILES string of the molecule is CC(C)C(O)c1ccn(CC(=O)Nc2cccc(Cl)c2)c1. The minimum Gasteiger partial charge on any atom is -0.388 e. The van der Waals surface area contributed by atoms with Gasteiger partial charge < -0.3 is 15.0 Å². The largest absolute Gasteiger partial charge is 0.388 e. The van der Waals surface area contributed by atoms with Gasteiger partial charge in [0.05, 0.1) is 6.10 Å². The maximum atomic E-state index is 12.0. The number of hydrogen-bond acceptors (Lipinski definition) is 2. The third kappa shape index (κ3) is 4.34. The summed E-state index contributed by atoms with van der Waals surface area (Å²) in [4.78, 5) is 12.0. The number of aliphatic hydroxyl groups excluding tert-OH is 1. The van der Waals surface area contributed by atoms with Crippen molar-refractivity contribution in [2.24, 2.45) is 5.92 Å². The van der Waals surface area contributed by atoms with Crippen molar-refractivity contribution in [2.75, 3.05) is 5.32 Å². The molecule has 112 valence electrons. The van der Waals surface area contributed by atoms with E-state index < -0.39 is 6.10 Å². The highest BCUT2D eigenvalue weighted by Crippen LogP contribution is 2.21. The Morgan fingerprint density at radius 3 is 2.81 bits per heavy atom. The average Bonchev–Trinajstić information content (AvgIpc) is 2.85. The van der Waals surface area contributed by atoms with Crippen molar-refractivity contribution < 1.29 is 9.90 Å². The van der Waals surface area contributed by atoms with Crippen LogP contribution in [0.5, 0.6) is 0 Å². The van der Waals surface area contributed by atoms with Gasteiger partial charge in [-0.3, -0.25) is 4.79 Å². The number of aromatic nitrogens is 1. The first-order valence-corrected chi connectivity index (χ1v) is 7.22. The summed E-state index contributed by atoms with van der Waals surface area (Å²) < 4.78 is 1.75. The quantitative estimate of drug-likeness (QED) is 0.888. The first-order chi connectivity index (χ1) is 9.95. The lowest BCUT2D eigenvalue weighted by molar-refractivity contribution is -0.116. The Labute approximate surface area is 129 Å². The van der Waals surface area contributed by atoms with Crippen LogP contribution in [0.15, 0.2) is 42.7 Å². The van der Waals surface area contributed by atoms with Crippen molar-refractivity contribution in [3.63, 3.8) is 0 Å². The lowest BCUT2D eigenvalue weighted by Crippen LogP contribution is -2.17. The zero-order valence-electron chi connectivity index (χ0n) is 12.1. The number of amides is 1. The van der Waals surface area contributed by atoms with Crippen LogP contribution in [0.4, 0.5) is 5.69 Å². The molecule has 0 bridgehead atoms. The van der Waals surface area contributed by atoms with Gasteiger partial charge >= 0.3 is 0 Å². The summed E-state index contributed by atoms with van der Waals surface area (Å²) in [6.45, 7) is 4.10. The van der Waals surface area contributed by atoms with Gasteiger partial charge in [0.1, 0.15) is 6.54 Å². The van der Waals surface area contributed by atoms with Crippen molar-refractivity contribution in [2.45, 2.75) is 26.5 Å². The van der Waals surface area contributed by atoms with Crippen LogP contribution in [0.3, 0.4) is 0 Å². The van der Waals surface area contributed by atoms with Gasteiger partial charge in [-0.1, -0.05) is 31.5 Å². The third-order valence-electron chi connectivity index (χ3n) is 3.18. The highest BCUT2D eigenvalue weighted by molar-refractivity contribution is 6.30. The highest BCUT2D eigenvalue weighted by Gasteiger charge is 2.13. The van der Waals surface area contributed by atoms with Gasteiger partial charge in [-0.25, -0.2) is 0 Å². The molecule has 0 radical (unpaired) electrons. The fraction of sp³-hybridized carbons (Fsp3) is 0.312. The van der Waals surface area contributed by atoms with Crippen molar-refractivity contribution in [1.29, 1.82) is 0 Å². The smallest absolute Gasteiger partial charge is 0.244 e. The molecule has 21 heavy (non-hydrogen) atoms. The van der Waals surface area contributed by atoms with E-state index in [1.807, 2.05) is 19.9 Å². The zero-order chi connectivity index (χ0) is 15.4. The van der Waals surface area contributed by atoms with Crippen LogP contribution in [0.1, 0.15) is 25.5 Å². The number of rotatable bonds is 5. The summed E-state index contributed by atoms with van der Waals surface area (Å²) in [5.41, 5.74) is 1.49. The molecule has 1 aromatic carbocycles. The van der Waals surface area contributed by atoms with Crippen molar-refractivity contribution in [1.82, 2.24) is 4.57 Å². The molecule has 1 amide bonds. The molecule has 1 atom stereocenters. The molecule has 0 saturated heterocycles. The van der Waals surface area contributed by atoms with E-state index in [4.69, 9.17) is 11.6 Å². The standard InChI is InChI=1S/C16H19ClN2O2/c1-11(2)16(21)12-6-7-19(9-12)10-15(20)18-14-5-3-4-13(17)8-14/h3-9,11,16,21H,10H2,1-2H3,(H,18,20). The molecule has 2 aromatic rings. The summed E-state index contributed by atoms with van der Waals surface area (Å²) >= 11 is 5.87. The summed E-state index contributed by atoms with van der Waals surface area (Å²) in [6, 6.07) is 8.85. The lowest BCUT2D eigenvalue weighted by atomic mass is 10.0. The topological polar surface area (TPSA) is 54.3 Å². The maximum Gasteiger partial charge on any atom is 0.244 e. The van der Waals surface area contributed by atoms with Crippen LogP contribution in [0.25, 0.3) is 0 Å². The number of carbonyl (C=O) groups is 1. The van der Waals surface area contributed by atoms with E-state index in [1.54, 1.807) is 41.2 Å². The van der Waals surface area contributed by atoms with E-state index in [2.05, 4.69) is 5.32 Å². The monoisotopic (exact) mass is 306 g/mol. The predicted molar refractivity (Wildman–Crippen MR) is 84.3 cm³/mol. The number of carbonyl (C=O) groups excluding carboxylic acids is 1. The number of hydrogen-bond donors (Lipinski definition) is 2. The van der Waals surface area contributed by atoms with E-state index in [0.29, 0.717) is 10.7 Å². The maximum absolute atomic E-state index is 12.0. The Morgan fingerprint density at radius 2 is 2.14 bits per heavy atom. The van der Waals surface area contributed by atoms with Gasteiger partial charge in [0.2, 0.25) is 5.91 Å². The van der Waals surface area contributed by atoms with E-state index in [0.717, 1.165) is 5.56 Å². The Bertz CT molecular complexity index is 622. The van der Waals surface area contributed by atoms with E-state index >= 15 is 0 Å². The third-order valence-corrected chi connectivity index (χ3v) is 3.42. The van der Waals surface area contributed by atoms with Crippen LogP contribution >= 0.6 is 11.6 Å². The number of nitrogens with one attached hydrogen (secondary N) is 1. The summed E-state index contributed by atoms with van der Waals surface area (Å²) in [5, 5.41) is 13.3. The Morgan fingerprint density at radius 1 is 1.38 bits per heavy atom. The Hall–Kier alpha value is -1.78. The molecule has 0 fully saturated rings. The number of anilines is 1. The van der Waals surface area contributed by atoms with Crippen molar-refractivity contribution >= 4 is 23.2 Å². The lowest BCUT2D eigenvalue weighted by Gasteiger charge is -2.12. The van der Waals surface area contributed by atoms with Crippen LogP contribution in [0, 0.1) is 5.92 Å². The summed E-state index contributed by atoms with van der Waals surface area (Å²) in [6.07, 6.45) is 3.07. The molecule has 0 spiro atoms. The molecule has 1 aromatic heterocycles. The number of aliphatic hydroxyl groups is 1. The number of benzene rings is 1. The summed E-state index contributed by atoms with van der Waals surface area (Å²) in [7, 11) is 0. The molecule has 5 heteroatoms. The van der Waals surface area contributed by atoms with Gasteiger partial charge in [0.15, 0.2) is 0 Å². The van der Waals surface area contributed by atoms with Crippen LogP contribution < -0.4 is 5.32 Å². The molecule has 0 aliphatic rings. The van der Waals surface area contributed by atoms with Crippen LogP contribution in [-0.4, -0.2) is 15.6 Å². The second-order valence-corrected chi connectivity index (χ2v) is 5.80. The Balaban J connectivity index is 1.97. The van der Waals surface area contributed by atoms with Crippen molar-refractivity contribution in [3.8, 4) is 0 Å². The van der Waals surface area contributed by atoms with Crippen LogP contribution in [-0.2, 0) is 11.3 Å². The minimum atomic E-state index is -0.512. The molecule has 4 nitrogen and oxygen atoms in total. The zero-order valence-corrected chi connectivity index (χ0v) is 12.8. The van der Waals surface area contributed by atoms with Gasteiger partial charge in [-0.2, -0.15) is 0 Å². The molecule has 0 aliphatic heterocycles. The highest BCUT2D eigenvalue weighted by atomic mass is 35.5. The van der Waals surface area contributed by atoms with Crippen molar-refractivity contribution in [3.05, 3.63) is 53.3 Å². The minimum absolute atomic E-state index is 0.140. The second kappa shape index (κ2) is 6.78. The molecule has 0 saturated carbocycles. The van der Waals surface area contributed by atoms with E-state index in [1.165, 1.54) is 0 Å². The number of nitrogens with zero attached hydrogens (tertiary/aromatic N) is 1. The summed E-state index contributed by atoms with van der Waals surface area (Å²) in [5.74, 6) is -0.000379. The fourth-order valence-corrected chi connectivity index (χ4v) is 2.24. The molecule has 1 heterocycles. The predicted octanol–water partition coefficient (Wildman–Crippen LogP) is 3.47. The normalized spacial score (nSPS) is 12.4. The molecular formula is C16H19ClN2O2. The van der Waals surface area contributed by atoms with Gasteiger partial charge in [0.25, 0.3) is 0 Å². The Kier molecular flexibility index (Phi) is 5.04. The number of halogens is 1. The van der Waals surface area contributed by atoms with E-state index in [9.17, 15) is 9.90 Å². The molecule has 2 rings (SSSR count). The fourth-order valence-electron chi connectivity index (χ4n) is 2.05. The van der Waals surface area contributed by atoms with E-state index in [-0.39, 0.29) is 18.4 Å². The second-order valence-electron chi connectivity index (χ2n) is 5.36.